The van der Waals surface area contributed by atoms with E-state index in [2.05, 4.69) is 18.7 Å². The van der Waals surface area contributed by atoms with E-state index in [1.807, 2.05) is 24.3 Å². The van der Waals surface area contributed by atoms with E-state index < -0.39 is 9.84 Å². The summed E-state index contributed by atoms with van der Waals surface area (Å²) < 4.78 is 28.8. The first-order valence-corrected chi connectivity index (χ1v) is 10.9. The topological polar surface area (TPSA) is 66.8 Å². The molecule has 0 spiro atoms. The predicted molar refractivity (Wildman–Crippen MR) is 113 cm³/mol. The minimum atomic E-state index is -3.18. The minimum absolute atomic E-state index is 0. The van der Waals surface area contributed by atoms with Crippen LogP contribution in [0.15, 0.2) is 41.3 Å². The number of rotatable bonds is 6. The molecule has 154 valence electrons. The Balaban J connectivity index is 0.00000280. The fourth-order valence-electron chi connectivity index (χ4n) is 3.52. The second kappa shape index (κ2) is 8.31. The van der Waals surface area contributed by atoms with Gasteiger partial charge in [-0.2, -0.15) is 0 Å². The molecule has 7 heteroatoms. The minimum Gasteiger partial charge on any atom is -0.504 e. The first-order valence-electron chi connectivity index (χ1n) is 9.03. The summed E-state index contributed by atoms with van der Waals surface area (Å²) in [5, 5.41) is 9.74. The molecule has 0 bridgehead atoms. The van der Waals surface area contributed by atoms with Crippen LogP contribution in [0.4, 0.5) is 0 Å². The number of phenolic OH excluding ortho intramolecular Hbond substituents is 1. The zero-order valence-electron chi connectivity index (χ0n) is 16.7. The van der Waals surface area contributed by atoms with Crippen LogP contribution < -0.4 is 4.74 Å². The standard InChI is InChI=1S/C21H27NO4S.ClH/c1-21(2,10-9-15-5-8-19(23)20(11-15)26-3)22-13-16-6-7-18(27(4,24)25)12-17(16)14-22;/h5-8,11-12,23H,9-10,13-14H2,1-4H3;1H. The van der Waals surface area contributed by atoms with Crippen molar-refractivity contribution in [1.82, 2.24) is 4.90 Å². The highest BCUT2D eigenvalue weighted by Gasteiger charge is 2.32. The number of sulfone groups is 1. The highest BCUT2D eigenvalue weighted by Crippen LogP contribution is 2.34. The van der Waals surface area contributed by atoms with Gasteiger partial charge >= 0.3 is 0 Å². The molecule has 0 amide bonds. The van der Waals surface area contributed by atoms with Crippen LogP contribution in [0.1, 0.15) is 37.0 Å². The summed E-state index contributed by atoms with van der Waals surface area (Å²) in [5.41, 5.74) is 3.36. The Morgan fingerprint density at radius 1 is 1.11 bits per heavy atom. The van der Waals surface area contributed by atoms with Gasteiger partial charge in [0.25, 0.3) is 0 Å². The lowest BCUT2D eigenvalue weighted by molar-refractivity contribution is 0.109. The quantitative estimate of drug-likeness (QED) is 0.758. The highest BCUT2D eigenvalue weighted by atomic mass is 35.5. The Kier molecular flexibility index (Phi) is 6.69. The third kappa shape index (κ3) is 4.80. The van der Waals surface area contributed by atoms with Crippen LogP contribution in [0.25, 0.3) is 0 Å². The molecule has 0 saturated heterocycles. The Labute approximate surface area is 173 Å². The number of aromatic hydroxyl groups is 1. The van der Waals surface area contributed by atoms with E-state index in [4.69, 9.17) is 4.74 Å². The second-order valence-electron chi connectivity index (χ2n) is 7.88. The number of aryl methyl sites for hydroxylation is 1. The molecule has 1 aliphatic rings. The largest absolute Gasteiger partial charge is 0.504 e. The van der Waals surface area contributed by atoms with Crippen molar-refractivity contribution < 1.29 is 18.3 Å². The van der Waals surface area contributed by atoms with Crippen molar-refractivity contribution in [2.75, 3.05) is 13.4 Å². The van der Waals surface area contributed by atoms with Crippen LogP contribution in [0.5, 0.6) is 11.5 Å². The molecule has 0 aliphatic carbocycles. The Bertz CT molecular complexity index is 957. The molecule has 1 heterocycles. The molecule has 1 N–H and O–H groups in total. The molecule has 1 aliphatic heterocycles. The fourth-order valence-corrected chi connectivity index (χ4v) is 4.19. The number of fused-ring (bicyclic) bond motifs is 1. The van der Waals surface area contributed by atoms with Gasteiger partial charge in [-0.1, -0.05) is 12.1 Å². The summed E-state index contributed by atoms with van der Waals surface area (Å²) in [6.07, 6.45) is 3.05. The van der Waals surface area contributed by atoms with Gasteiger partial charge in [0.2, 0.25) is 0 Å². The number of hydrogen-bond acceptors (Lipinski definition) is 5. The lowest BCUT2D eigenvalue weighted by atomic mass is 9.93. The van der Waals surface area contributed by atoms with E-state index in [0.29, 0.717) is 10.6 Å². The summed E-state index contributed by atoms with van der Waals surface area (Å²) in [6, 6.07) is 10.9. The Hall–Kier alpha value is -1.76. The van der Waals surface area contributed by atoms with E-state index in [0.717, 1.165) is 37.1 Å². The van der Waals surface area contributed by atoms with Crippen molar-refractivity contribution in [1.29, 1.82) is 0 Å². The fraction of sp³-hybridized carbons (Fsp3) is 0.429. The first kappa shape index (κ1) is 22.5. The molecule has 0 unspecified atom stereocenters. The summed E-state index contributed by atoms with van der Waals surface area (Å²) in [5.74, 6) is 0.643. The zero-order valence-corrected chi connectivity index (χ0v) is 18.4. The van der Waals surface area contributed by atoms with Crippen LogP contribution in [-0.4, -0.2) is 37.3 Å². The average Bonchev–Trinajstić information content (AvgIpc) is 3.04. The SMILES string of the molecule is COc1cc(CCC(C)(C)N2Cc3ccc(S(C)(=O)=O)cc3C2)ccc1O.Cl. The van der Waals surface area contributed by atoms with E-state index in [1.54, 1.807) is 19.2 Å². The third-order valence-electron chi connectivity index (χ3n) is 5.45. The van der Waals surface area contributed by atoms with Crippen molar-refractivity contribution in [2.45, 2.75) is 50.2 Å². The van der Waals surface area contributed by atoms with Crippen molar-refractivity contribution >= 4 is 22.2 Å². The monoisotopic (exact) mass is 425 g/mol. The molecule has 0 fully saturated rings. The maximum Gasteiger partial charge on any atom is 0.175 e. The summed E-state index contributed by atoms with van der Waals surface area (Å²) >= 11 is 0. The number of halogens is 1. The molecule has 2 aromatic carbocycles. The molecule has 0 atom stereocenters. The molecule has 3 rings (SSSR count). The van der Waals surface area contributed by atoms with Gasteiger partial charge in [0.1, 0.15) is 0 Å². The number of benzene rings is 2. The number of nitrogens with zero attached hydrogens (tertiary/aromatic N) is 1. The molecule has 2 aromatic rings. The molecule has 0 radical (unpaired) electrons. The van der Waals surface area contributed by atoms with Crippen molar-refractivity contribution in [2.24, 2.45) is 0 Å². The lowest BCUT2D eigenvalue weighted by Crippen LogP contribution is -2.40. The van der Waals surface area contributed by atoms with E-state index >= 15 is 0 Å². The molecule has 5 nitrogen and oxygen atoms in total. The van der Waals surface area contributed by atoms with Crippen molar-refractivity contribution in [3.8, 4) is 11.5 Å². The van der Waals surface area contributed by atoms with E-state index in [-0.39, 0.29) is 23.7 Å². The van der Waals surface area contributed by atoms with Gasteiger partial charge in [0, 0.05) is 24.9 Å². The van der Waals surface area contributed by atoms with Crippen LogP contribution in [-0.2, 0) is 29.3 Å². The van der Waals surface area contributed by atoms with E-state index in [1.165, 1.54) is 11.8 Å². The zero-order chi connectivity index (χ0) is 19.8. The van der Waals surface area contributed by atoms with Gasteiger partial charge in [-0.3, -0.25) is 4.90 Å². The Morgan fingerprint density at radius 2 is 1.79 bits per heavy atom. The van der Waals surface area contributed by atoms with Gasteiger partial charge in [-0.05, 0) is 67.6 Å². The second-order valence-corrected chi connectivity index (χ2v) is 9.89. The molecule has 0 aromatic heterocycles. The van der Waals surface area contributed by atoms with Crippen LogP contribution in [0.2, 0.25) is 0 Å². The first-order chi connectivity index (χ1) is 12.6. The number of phenols is 1. The molecule has 0 saturated carbocycles. The highest BCUT2D eigenvalue weighted by molar-refractivity contribution is 7.90. The van der Waals surface area contributed by atoms with Gasteiger partial charge in [0.05, 0.1) is 12.0 Å². The van der Waals surface area contributed by atoms with Gasteiger partial charge in [-0.25, -0.2) is 8.42 Å². The number of hydrogen-bond donors (Lipinski definition) is 1. The van der Waals surface area contributed by atoms with Crippen LogP contribution in [0.3, 0.4) is 0 Å². The van der Waals surface area contributed by atoms with Gasteiger partial charge in [0.15, 0.2) is 21.3 Å². The molecular formula is C21H28ClNO4S. The smallest absolute Gasteiger partial charge is 0.175 e. The lowest BCUT2D eigenvalue weighted by Gasteiger charge is -2.35. The van der Waals surface area contributed by atoms with E-state index in [9.17, 15) is 13.5 Å². The molecular weight excluding hydrogens is 398 g/mol. The Morgan fingerprint density at radius 3 is 2.43 bits per heavy atom. The average molecular weight is 426 g/mol. The number of methoxy groups -OCH3 is 1. The predicted octanol–water partition coefficient (Wildman–Crippen LogP) is 3.95. The summed E-state index contributed by atoms with van der Waals surface area (Å²) in [6.45, 7) is 6.01. The van der Waals surface area contributed by atoms with Gasteiger partial charge in [-0.15, -0.1) is 12.4 Å². The van der Waals surface area contributed by atoms with Crippen LogP contribution >= 0.6 is 12.4 Å². The number of ether oxygens (including phenoxy) is 1. The maximum atomic E-state index is 11.8. The normalized spacial score (nSPS) is 14.4. The van der Waals surface area contributed by atoms with Crippen LogP contribution in [0, 0.1) is 0 Å². The van der Waals surface area contributed by atoms with Crippen molar-refractivity contribution in [3.05, 3.63) is 53.1 Å². The maximum absolute atomic E-state index is 11.8. The van der Waals surface area contributed by atoms with Gasteiger partial charge < -0.3 is 9.84 Å². The summed E-state index contributed by atoms with van der Waals surface area (Å²) in [4.78, 5) is 2.78. The van der Waals surface area contributed by atoms with Crippen molar-refractivity contribution in [3.63, 3.8) is 0 Å². The third-order valence-corrected chi connectivity index (χ3v) is 6.56. The molecule has 28 heavy (non-hydrogen) atoms. The summed E-state index contributed by atoms with van der Waals surface area (Å²) in [7, 11) is -1.63.